The Bertz CT molecular complexity index is 47.7. The average Bonchev–Trinajstić information content (AvgIpc) is 1.70. The molecule has 0 amide bonds. The summed E-state index contributed by atoms with van der Waals surface area (Å²) in [6.07, 6.45) is 0. The van der Waals surface area contributed by atoms with Crippen LogP contribution in [0.2, 0.25) is 0 Å². The molecule has 0 aromatic heterocycles. The number of nitrogens with zero attached hydrogens (tertiary/aromatic N) is 3. The molecule has 0 unspecified atom stereocenters. The van der Waals surface area contributed by atoms with Crippen molar-refractivity contribution in [1.29, 1.82) is 0 Å². The van der Waals surface area contributed by atoms with Crippen LogP contribution in [-0.2, 0) is 0 Å². The summed E-state index contributed by atoms with van der Waals surface area (Å²) in [4.78, 5) is 24.3. The minimum absolute atomic E-state index is 0. The van der Waals surface area contributed by atoms with Crippen LogP contribution in [0.25, 0.3) is 0 Å². The van der Waals surface area contributed by atoms with E-state index in [4.69, 9.17) is 30.3 Å². The highest BCUT2D eigenvalue weighted by Gasteiger charge is 1.19. The van der Waals surface area contributed by atoms with Crippen LogP contribution in [0.3, 0.4) is 0 Å². The van der Waals surface area contributed by atoms with Gasteiger partial charge < -0.3 is 27.9 Å². The van der Waals surface area contributed by atoms with Gasteiger partial charge in [-0.1, -0.05) is 0 Å². The van der Waals surface area contributed by atoms with Crippen molar-refractivity contribution < 1.29 is 15.6 Å². The Morgan fingerprint density at radius 3 is 0.636 bits per heavy atom. The fourth-order valence-electron chi connectivity index (χ4n) is 0. The Morgan fingerprint density at radius 1 is 0.636 bits per heavy atom. The van der Waals surface area contributed by atoms with Crippen molar-refractivity contribution in [3.8, 4) is 0 Å². The maximum atomic E-state index is 8.11. The van der Waals surface area contributed by atoms with Gasteiger partial charge in [0.15, 0.2) is 16.0 Å². The van der Waals surface area contributed by atoms with Crippen LogP contribution in [-0.4, -0.2) is 15.6 Å². The minimum Gasteiger partial charge on any atom is -0.379 e. The van der Waals surface area contributed by atoms with E-state index < -0.39 is 0 Å². The molecule has 0 aliphatic carbocycles. The summed E-state index contributed by atoms with van der Waals surface area (Å²) in [6, 6.07) is 0. The van der Waals surface area contributed by atoms with Crippen LogP contribution in [0.1, 0.15) is 0 Å². The maximum Gasteiger partial charge on any atom is 0.152 e. The predicted octanol–water partition coefficient (Wildman–Crippen LogP) is 0.750. The molecule has 9 N–H and O–H groups in total. The maximum absolute atomic E-state index is 8.11. The average molecular weight is 175 g/mol. The van der Waals surface area contributed by atoms with Crippen LogP contribution in [0.4, 0.5) is 0 Å². The fraction of sp³-hybridized carbons (Fsp3) is 0. The predicted molar refractivity (Wildman–Crippen MR) is 32.8 cm³/mol. The standard InChI is InChI=1S/3HNO2.2H3N/c3*2-1-3;;/h3*(H,2,3);2*1H3. The lowest BCUT2D eigenvalue weighted by Crippen LogP contribution is -1.25. The minimum atomic E-state index is 0. The molecule has 11 nitrogen and oxygen atoms in total. The quantitative estimate of drug-likeness (QED) is 0.260. The molecule has 0 spiro atoms. The summed E-state index contributed by atoms with van der Waals surface area (Å²) >= 11 is 0. The van der Waals surface area contributed by atoms with Crippen LogP contribution in [0.5, 0.6) is 0 Å². The van der Waals surface area contributed by atoms with Gasteiger partial charge in [-0.25, -0.2) is 0 Å². The largest absolute Gasteiger partial charge is 0.379 e. The van der Waals surface area contributed by atoms with Gasteiger partial charge in [0.25, 0.3) is 0 Å². The third-order valence-corrected chi connectivity index (χ3v) is 0. The summed E-state index contributed by atoms with van der Waals surface area (Å²) in [6.45, 7) is 0. The van der Waals surface area contributed by atoms with Crippen molar-refractivity contribution in [3.63, 3.8) is 0 Å². The van der Waals surface area contributed by atoms with Crippen LogP contribution in [0.15, 0.2) is 16.0 Å². The Balaban J connectivity index is -0.0000000150. The van der Waals surface area contributed by atoms with Gasteiger partial charge in [-0.2, -0.15) is 0 Å². The lowest BCUT2D eigenvalue weighted by molar-refractivity contribution is 0.312. The van der Waals surface area contributed by atoms with Crippen molar-refractivity contribution in [1.82, 2.24) is 12.3 Å². The van der Waals surface area contributed by atoms with Crippen molar-refractivity contribution in [2.45, 2.75) is 0 Å². The van der Waals surface area contributed by atoms with E-state index in [0.717, 1.165) is 0 Å². The lowest BCUT2D eigenvalue weighted by Gasteiger charge is -1.32. The van der Waals surface area contributed by atoms with Gasteiger partial charge in [0.05, 0.1) is 0 Å². The first kappa shape index (κ1) is 35.4. The molecule has 70 valence electrons. The zero-order chi connectivity index (χ0) is 8.12. The molecule has 0 aromatic rings. The summed E-state index contributed by atoms with van der Waals surface area (Å²) in [5.74, 6) is 0. The monoisotopic (exact) mass is 175 g/mol. The van der Waals surface area contributed by atoms with Gasteiger partial charge in [0.2, 0.25) is 0 Å². The summed E-state index contributed by atoms with van der Waals surface area (Å²) in [5.41, 5.74) is 0. The van der Waals surface area contributed by atoms with E-state index in [0.29, 0.717) is 0 Å². The summed E-state index contributed by atoms with van der Waals surface area (Å²) in [7, 11) is 0. The Hall–Kier alpha value is -1.88. The van der Waals surface area contributed by atoms with Crippen molar-refractivity contribution in [2.75, 3.05) is 0 Å². The second-order valence-electron chi connectivity index (χ2n) is 0.245. The van der Waals surface area contributed by atoms with Crippen molar-refractivity contribution in [2.24, 2.45) is 16.0 Å². The zero-order valence-electron chi connectivity index (χ0n) is 5.32. The van der Waals surface area contributed by atoms with E-state index >= 15 is 0 Å². The molecule has 0 atom stereocenters. The highest BCUT2D eigenvalue weighted by Crippen LogP contribution is 1.25. The van der Waals surface area contributed by atoms with E-state index in [9.17, 15) is 0 Å². The Morgan fingerprint density at radius 2 is 0.636 bits per heavy atom. The summed E-state index contributed by atoms with van der Waals surface area (Å²) < 4.78 is 0. The van der Waals surface area contributed by atoms with Crippen LogP contribution < -0.4 is 12.3 Å². The number of hydrogen-bond donors (Lipinski definition) is 5. The molecule has 0 saturated carbocycles. The third kappa shape index (κ3) is 86.0. The lowest BCUT2D eigenvalue weighted by atomic mass is 13.4. The molecule has 11 heteroatoms. The molecule has 11 heavy (non-hydrogen) atoms. The van der Waals surface area contributed by atoms with Gasteiger partial charge >= 0.3 is 0 Å². The molecule has 0 bridgehead atoms. The van der Waals surface area contributed by atoms with E-state index in [-0.39, 0.29) is 12.3 Å². The number of hydrogen-bond acceptors (Lipinski definition) is 8. The molecular formula is H9N5O6. The topological polar surface area (TPSA) is 219 Å². The molecule has 0 saturated heterocycles. The Labute approximate surface area is 60.0 Å². The highest BCUT2D eigenvalue weighted by atomic mass is 16.6. The SMILES string of the molecule is N.N.O=NO.O=NO.O=NO. The number of rotatable bonds is 0. The normalized spacial score (nSPS) is 3.27. The first-order chi connectivity index (χ1) is 4.24. The first-order valence-electron chi connectivity index (χ1n) is 1.15. The third-order valence-electron chi connectivity index (χ3n) is 0. The second kappa shape index (κ2) is 328. The molecular weight excluding hydrogens is 166 g/mol. The second-order valence-corrected chi connectivity index (χ2v) is 0.245. The van der Waals surface area contributed by atoms with E-state index in [1.54, 1.807) is 0 Å². The molecule has 0 aliphatic heterocycles. The van der Waals surface area contributed by atoms with E-state index in [2.05, 4.69) is 0 Å². The van der Waals surface area contributed by atoms with Gasteiger partial charge in [0.1, 0.15) is 0 Å². The molecule has 0 radical (unpaired) electrons. The van der Waals surface area contributed by atoms with E-state index in [1.807, 2.05) is 0 Å². The Kier molecular flexibility index (Phi) is 1060. The van der Waals surface area contributed by atoms with Crippen molar-refractivity contribution >= 4 is 0 Å². The van der Waals surface area contributed by atoms with Gasteiger partial charge in [-0.15, -0.1) is 14.7 Å². The summed E-state index contributed by atoms with van der Waals surface area (Å²) in [5, 5.41) is 23.7. The molecule has 0 aliphatic rings. The molecule has 0 heterocycles. The van der Waals surface area contributed by atoms with Crippen molar-refractivity contribution in [3.05, 3.63) is 14.7 Å². The fourth-order valence-corrected chi connectivity index (χ4v) is 0. The van der Waals surface area contributed by atoms with Gasteiger partial charge in [-0.3, -0.25) is 0 Å². The molecule has 0 rings (SSSR count). The van der Waals surface area contributed by atoms with Crippen LogP contribution in [0, 0.1) is 14.7 Å². The first-order valence-corrected chi connectivity index (χ1v) is 1.15. The van der Waals surface area contributed by atoms with E-state index in [1.165, 1.54) is 16.0 Å². The highest BCUT2D eigenvalue weighted by molar-refractivity contribution is 3.84. The van der Waals surface area contributed by atoms with Gasteiger partial charge in [-0.05, 0) is 0 Å². The zero-order valence-corrected chi connectivity index (χ0v) is 5.32. The molecule has 0 fully saturated rings. The van der Waals surface area contributed by atoms with Gasteiger partial charge in [0, 0.05) is 0 Å². The molecule has 0 aromatic carbocycles. The smallest absolute Gasteiger partial charge is 0.152 e. The van der Waals surface area contributed by atoms with Crippen LogP contribution >= 0.6 is 0 Å².